The second-order valence-corrected chi connectivity index (χ2v) is 5.01. The van der Waals surface area contributed by atoms with Crippen LogP contribution in [0.15, 0.2) is 12.2 Å². The molecule has 1 unspecified atom stereocenters. The van der Waals surface area contributed by atoms with Crippen molar-refractivity contribution in [1.82, 2.24) is 4.90 Å². The average molecular weight is 229 g/mol. The number of carbonyl (C=O) groups is 2. The Morgan fingerprint density at radius 1 is 1.40 bits per heavy atom. The zero-order valence-electron chi connectivity index (χ0n) is 8.68. The molecule has 5 heteroatoms. The smallest absolute Gasteiger partial charge is 0.328 e. The van der Waals surface area contributed by atoms with Crippen molar-refractivity contribution in [3.63, 3.8) is 0 Å². The van der Waals surface area contributed by atoms with E-state index in [2.05, 4.69) is 6.92 Å². The van der Waals surface area contributed by atoms with Gasteiger partial charge in [0.25, 0.3) is 0 Å². The minimum atomic E-state index is -1.08. The molecule has 0 radical (unpaired) electrons. The number of rotatable bonds is 2. The van der Waals surface area contributed by atoms with E-state index in [1.807, 2.05) is 11.8 Å². The highest BCUT2D eigenvalue weighted by Gasteiger charge is 2.16. The first-order chi connectivity index (χ1) is 7.09. The van der Waals surface area contributed by atoms with Crippen LogP contribution in [0.3, 0.4) is 0 Å². The number of amides is 1. The molecule has 0 bridgehead atoms. The third-order valence-corrected chi connectivity index (χ3v) is 3.47. The SMILES string of the molecule is CC1CCN(C(=O)/C=C\C(=O)O)CCS1. The van der Waals surface area contributed by atoms with Gasteiger partial charge in [-0.25, -0.2) is 4.79 Å². The summed E-state index contributed by atoms with van der Waals surface area (Å²) >= 11 is 1.85. The number of carbonyl (C=O) groups excluding carboxylic acids is 1. The number of thioether (sulfide) groups is 1. The molecule has 0 aromatic carbocycles. The maximum Gasteiger partial charge on any atom is 0.328 e. The molecule has 1 fully saturated rings. The van der Waals surface area contributed by atoms with Crippen molar-refractivity contribution >= 4 is 23.6 Å². The zero-order valence-corrected chi connectivity index (χ0v) is 9.50. The predicted octanol–water partition coefficient (Wildman–Crippen LogP) is 0.981. The van der Waals surface area contributed by atoms with Crippen LogP contribution in [0.4, 0.5) is 0 Å². The minimum absolute atomic E-state index is 0.202. The first-order valence-corrected chi connectivity index (χ1v) is 5.96. The Labute approximate surface area is 93.3 Å². The van der Waals surface area contributed by atoms with Gasteiger partial charge in [-0.3, -0.25) is 4.79 Å². The number of carboxylic acid groups (broad SMARTS) is 1. The number of aliphatic carboxylic acids is 1. The maximum absolute atomic E-state index is 11.5. The van der Waals surface area contributed by atoms with Gasteiger partial charge in [0, 0.05) is 36.2 Å². The molecule has 1 rings (SSSR count). The molecule has 0 aliphatic carbocycles. The van der Waals surface area contributed by atoms with Crippen molar-refractivity contribution in [2.24, 2.45) is 0 Å². The van der Waals surface area contributed by atoms with Gasteiger partial charge in [0.15, 0.2) is 0 Å². The summed E-state index contributed by atoms with van der Waals surface area (Å²) in [6, 6.07) is 0. The highest BCUT2D eigenvalue weighted by Crippen LogP contribution is 2.18. The summed E-state index contributed by atoms with van der Waals surface area (Å²) in [7, 11) is 0. The summed E-state index contributed by atoms with van der Waals surface area (Å²) < 4.78 is 0. The molecule has 1 heterocycles. The second-order valence-electron chi connectivity index (χ2n) is 3.47. The Hall–Kier alpha value is -0.970. The molecule has 1 N–H and O–H groups in total. The summed E-state index contributed by atoms with van der Waals surface area (Å²) in [6.07, 6.45) is 2.99. The predicted molar refractivity (Wildman–Crippen MR) is 59.9 cm³/mol. The molecule has 1 amide bonds. The van der Waals surface area contributed by atoms with Crippen LogP contribution in [-0.2, 0) is 9.59 Å². The highest BCUT2D eigenvalue weighted by molar-refractivity contribution is 7.99. The third-order valence-electron chi connectivity index (χ3n) is 2.25. The first kappa shape index (κ1) is 12.1. The molecule has 15 heavy (non-hydrogen) atoms. The van der Waals surface area contributed by atoms with E-state index < -0.39 is 5.97 Å². The summed E-state index contributed by atoms with van der Waals surface area (Å²) in [4.78, 5) is 23.5. The third kappa shape index (κ3) is 4.38. The Bertz CT molecular complexity index is 278. The van der Waals surface area contributed by atoms with Gasteiger partial charge in [-0.15, -0.1) is 0 Å². The van der Waals surface area contributed by atoms with Crippen molar-refractivity contribution in [3.05, 3.63) is 12.2 Å². The molecule has 1 aliphatic rings. The molecule has 1 saturated heterocycles. The van der Waals surface area contributed by atoms with E-state index in [-0.39, 0.29) is 5.91 Å². The molecular formula is C10H15NO3S. The number of hydrogen-bond donors (Lipinski definition) is 1. The van der Waals surface area contributed by atoms with E-state index in [0.29, 0.717) is 11.8 Å². The number of nitrogens with zero attached hydrogens (tertiary/aromatic N) is 1. The lowest BCUT2D eigenvalue weighted by molar-refractivity contribution is -0.132. The Morgan fingerprint density at radius 2 is 2.13 bits per heavy atom. The highest BCUT2D eigenvalue weighted by atomic mass is 32.2. The molecule has 0 aromatic rings. The summed E-state index contributed by atoms with van der Waals surface area (Å²) in [5.41, 5.74) is 0. The largest absolute Gasteiger partial charge is 0.478 e. The fourth-order valence-electron chi connectivity index (χ4n) is 1.37. The summed E-state index contributed by atoms with van der Waals surface area (Å²) in [6.45, 7) is 3.57. The van der Waals surface area contributed by atoms with E-state index in [0.717, 1.165) is 30.9 Å². The van der Waals surface area contributed by atoms with Gasteiger partial charge in [-0.2, -0.15) is 11.8 Å². The normalized spacial score (nSPS) is 22.7. The van der Waals surface area contributed by atoms with Gasteiger partial charge >= 0.3 is 5.97 Å². The van der Waals surface area contributed by atoms with Gasteiger partial charge in [-0.05, 0) is 6.42 Å². The van der Waals surface area contributed by atoms with Gasteiger partial charge in [0.1, 0.15) is 0 Å². The Morgan fingerprint density at radius 3 is 2.80 bits per heavy atom. The lowest BCUT2D eigenvalue weighted by Gasteiger charge is -2.17. The van der Waals surface area contributed by atoms with Crippen LogP contribution >= 0.6 is 11.8 Å². The fourth-order valence-corrected chi connectivity index (χ4v) is 2.37. The minimum Gasteiger partial charge on any atom is -0.478 e. The standard InChI is InChI=1S/C10H15NO3S/c1-8-4-5-11(6-7-15-8)9(12)2-3-10(13)14/h2-3,8H,4-7H2,1H3,(H,13,14)/b3-2-. The van der Waals surface area contributed by atoms with Gasteiger partial charge in [-0.1, -0.05) is 6.92 Å². The van der Waals surface area contributed by atoms with E-state index in [9.17, 15) is 9.59 Å². The second kappa shape index (κ2) is 5.80. The number of carboxylic acids is 1. The van der Waals surface area contributed by atoms with Crippen molar-refractivity contribution in [3.8, 4) is 0 Å². The topological polar surface area (TPSA) is 57.6 Å². The first-order valence-electron chi connectivity index (χ1n) is 4.91. The molecule has 0 saturated carbocycles. The molecule has 0 aromatic heterocycles. The van der Waals surface area contributed by atoms with E-state index >= 15 is 0 Å². The maximum atomic E-state index is 11.5. The van der Waals surface area contributed by atoms with Crippen LogP contribution in [0.1, 0.15) is 13.3 Å². The lowest BCUT2D eigenvalue weighted by Crippen LogP contribution is -2.31. The van der Waals surface area contributed by atoms with Crippen molar-refractivity contribution in [2.45, 2.75) is 18.6 Å². The monoisotopic (exact) mass is 229 g/mol. The molecule has 84 valence electrons. The van der Waals surface area contributed by atoms with Crippen LogP contribution in [-0.4, -0.2) is 46.0 Å². The van der Waals surface area contributed by atoms with Crippen LogP contribution in [0.5, 0.6) is 0 Å². The molecule has 1 aliphatic heterocycles. The fraction of sp³-hybridized carbons (Fsp3) is 0.600. The van der Waals surface area contributed by atoms with Crippen LogP contribution in [0, 0.1) is 0 Å². The van der Waals surface area contributed by atoms with Gasteiger partial charge in [0.05, 0.1) is 0 Å². The van der Waals surface area contributed by atoms with Gasteiger partial charge in [0.2, 0.25) is 5.91 Å². The van der Waals surface area contributed by atoms with E-state index in [1.54, 1.807) is 4.90 Å². The quantitative estimate of drug-likeness (QED) is 0.717. The molecular weight excluding hydrogens is 214 g/mol. The Balaban J connectivity index is 2.48. The summed E-state index contributed by atoms with van der Waals surface area (Å²) in [5.74, 6) is -0.360. The van der Waals surface area contributed by atoms with Crippen molar-refractivity contribution < 1.29 is 14.7 Å². The number of hydrogen-bond acceptors (Lipinski definition) is 3. The van der Waals surface area contributed by atoms with Crippen molar-refractivity contribution in [2.75, 3.05) is 18.8 Å². The lowest BCUT2D eigenvalue weighted by atomic mass is 10.3. The molecule has 0 spiro atoms. The summed E-state index contributed by atoms with van der Waals surface area (Å²) in [5, 5.41) is 8.97. The van der Waals surface area contributed by atoms with Crippen molar-refractivity contribution in [1.29, 1.82) is 0 Å². The van der Waals surface area contributed by atoms with E-state index in [1.165, 1.54) is 0 Å². The Kier molecular flexibility index (Phi) is 4.68. The van der Waals surface area contributed by atoms with Crippen LogP contribution in [0.25, 0.3) is 0 Å². The molecule has 4 nitrogen and oxygen atoms in total. The van der Waals surface area contributed by atoms with Gasteiger partial charge < -0.3 is 10.0 Å². The van der Waals surface area contributed by atoms with E-state index in [4.69, 9.17) is 5.11 Å². The average Bonchev–Trinajstić information content (AvgIpc) is 2.39. The van der Waals surface area contributed by atoms with Crippen LogP contribution < -0.4 is 0 Å². The van der Waals surface area contributed by atoms with Crippen LogP contribution in [0.2, 0.25) is 0 Å². The zero-order chi connectivity index (χ0) is 11.3. The molecule has 1 atom stereocenters.